The second kappa shape index (κ2) is 6.58. The van der Waals surface area contributed by atoms with Crippen LogP contribution in [-0.4, -0.2) is 23.9 Å². The molecule has 1 aliphatic heterocycles. The number of carbonyl (C=O) groups excluding carboxylic acids is 2. The van der Waals surface area contributed by atoms with Gasteiger partial charge in [0.15, 0.2) is 0 Å². The van der Waals surface area contributed by atoms with Gasteiger partial charge in [-0.05, 0) is 36.8 Å². The molecule has 1 N–H and O–H groups in total. The monoisotopic (exact) mass is 378 g/mol. The number of amides is 3. The third-order valence-corrected chi connectivity index (χ3v) is 5.03. The van der Waals surface area contributed by atoms with E-state index < -0.39 is 11.6 Å². The molecule has 1 unspecified atom stereocenters. The molecule has 0 aromatic heterocycles. The number of ether oxygens (including phenoxy) is 1. The Hall–Kier alpha value is -2.24. The molecule has 25 heavy (non-hydrogen) atoms. The number of nitrogens with one attached hydrogen (secondary N) is 1. The van der Waals surface area contributed by atoms with Gasteiger partial charge in [-0.3, -0.25) is 9.69 Å². The zero-order chi connectivity index (χ0) is 18.2. The maximum absolute atomic E-state index is 12.9. The molecule has 1 fully saturated rings. The maximum atomic E-state index is 12.9. The molecular formula is C18H16Cl2N2O3. The molecule has 3 amide bonds. The molecule has 1 atom stereocenters. The molecule has 1 heterocycles. The molecule has 2 aromatic carbocycles. The largest absolute Gasteiger partial charge is 0.497 e. The number of urea groups is 1. The Morgan fingerprint density at radius 3 is 2.24 bits per heavy atom. The summed E-state index contributed by atoms with van der Waals surface area (Å²) in [6, 6.07) is 11.6. The summed E-state index contributed by atoms with van der Waals surface area (Å²) in [5.74, 6) is 0.308. The first kappa shape index (κ1) is 17.6. The first-order valence-electron chi connectivity index (χ1n) is 7.58. The highest BCUT2D eigenvalue weighted by atomic mass is 35.5. The molecule has 0 spiro atoms. The minimum Gasteiger partial charge on any atom is -0.497 e. The zero-order valence-corrected chi connectivity index (χ0v) is 15.2. The first-order valence-corrected chi connectivity index (χ1v) is 8.34. The normalized spacial score (nSPS) is 19.9. The highest BCUT2D eigenvalue weighted by Gasteiger charge is 2.49. The van der Waals surface area contributed by atoms with Crippen LogP contribution in [0.2, 0.25) is 10.0 Å². The highest BCUT2D eigenvalue weighted by Crippen LogP contribution is 2.33. The van der Waals surface area contributed by atoms with Crippen molar-refractivity contribution in [2.24, 2.45) is 0 Å². The Kier molecular flexibility index (Phi) is 4.62. The average Bonchev–Trinajstić information content (AvgIpc) is 2.82. The Bertz CT molecular complexity index is 818. The molecule has 0 bridgehead atoms. The molecule has 3 rings (SSSR count). The van der Waals surface area contributed by atoms with E-state index in [2.05, 4.69) is 5.32 Å². The van der Waals surface area contributed by atoms with E-state index in [1.165, 1.54) is 0 Å². The number of nitrogens with zero attached hydrogens (tertiary/aromatic N) is 1. The highest BCUT2D eigenvalue weighted by molar-refractivity contribution is 6.36. The number of halogens is 2. The fourth-order valence-electron chi connectivity index (χ4n) is 2.80. The Balaban J connectivity index is 1.91. The predicted octanol–water partition coefficient (Wildman–Crippen LogP) is 3.97. The molecule has 0 radical (unpaired) electrons. The Morgan fingerprint density at radius 1 is 1.08 bits per heavy atom. The van der Waals surface area contributed by atoms with Crippen molar-refractivity contribution in [1.82, 2.24) is 10.2 Å². The average molecular weight is 379 g/mol. The van der Waals surface area contributed by atoms with Gasteiger partial charge in [0.2, 0.25) is 0 Å². The van der Waals surface area contributed by atoms with Crippen molar-refractivity contribution in [3.05, 3.63) is 63.6 Å². The predicted molar refractivity (Wildman–Crippen MR) is 95.9 cm³/mol. The van der Waals surface area contributed by atoms with Crippen molar-refractivity contribution < 1.29 is 14.3 Å². The van der Waals surface area contributed by atoms with Crippen LogP contribution < -0.4 is 10.1 Å². The maximum Gasteiger partial charge on any atom is 0.325 e. The molecular weight excluding hydrogens is 363 g/mol. The van der Waals surface area contributed by atoms with Crippen LogP contribution in [0.15, 0.2) is 42.5 Å². The first-order chi connectivity index (χ1) is 11.9. The SMILES string of the molecule is COc1ccc(C2(C)NC(=O)N(Cc3c(Cl)cccc3Cl)C2=O)cc1. The minimum absolute atomic E-state index is 0.00885. The number of rotatable bonds is 4. The summed E-state index contributed by atoms with van der Waals surface area (Å²) in [7, 11) is 1.56. The molecule has 0 saturated carbocycles. The third-order valence-electron chi connectivity index (χ3n) is 4.32. The molecule has 130 valence electrons. The number of carbonyl (C=O) groups is 2. The zero-order valence-electron chi connectivity index (χ0n) is 13.7. The Morgan fingerprint density at radius 2 is 1.68 bits per heavy atom. The van der Waals surface area contributed by atoms with Crippen LogP contribution in [0.4, 0.5) is 4.79 Å². The molecule has 1 aliphatic rings. The van der Waals surface area contributed by atoms with Gasteiger partial charge in [-0.15, -0.1) is 0 Å². The molecule has 2 aromatic rings. The van der Waals surface area contributed by atoms with Gasteiger partial charge in [0.25, 0.3) is 5.91 Å². The van der Waals surface area contributed by atoms with Gasteiger partial charge >= 0.3 is 6.03 Å². The van der Waals surface area contributed by atoms with Crippen LogP contribution in [0.25, 0.3) is 0 Å². The van der Waals surface area contributed by atoms with Crippen molar-refractivity contribution in [1.29, 1.82) is 0 Å². The third kappa shape index (κ3) is 3.05. The van der Waals surface area contributed by atoms with Crippen molar-refractivity contribution in [3.8, 4) is 5.75 Å². The van der Waals surface area contributed by atoms with E-state index in [1.54, 1.807) is 56.5 Å². The summed E-state index contributed by atoms with van der Waals surface area (Å²) >= 11 is 12.3. The molecule has 7 heteroatoms. The van der Waals surface area contributed by atoms with Crippen LogP contribution in [0.3, 0.4) is 0 Å². The number of benzene rings is 2. The van der Waals surface area contributed by atoms with E-state index in [0.717, 1.165) is 4.90 Å². The second-order valence-corrected chi connectivity index (χ2v) is 6.69. The van der Waals surface area contributed by atoms with Gasteiger partial charge in [0.05, 0.1) is 13.7 Å². The Labute approximate surface area is 155 Å². The van der Waals surface area contributed by atoms with Crippen LogP contribution in [0.5, 0.6) is 5.75 Å². The van der Waals surface area contributed by atoms with Crippen LogP contribution in [-0.2, 0) is 16.9 Å². The van der Waals surface area contributed by atoms with Gasteiger partial charge in [0.1, 0.15) is 11.3 Å². The van der Waals surface area contributed by atoms with E-state index in [0.29, 0.717) is 26.9 Å². The fraction of sp³-hybridized carbons (Fsp3) is 0.222. The minimum atomic E-state index is -1.16. The second-order valence-electron chi connectivity index (χ2n) is 5.88. The van der Waals surface area contributed by atoms with E-state index in [1.807, 2.05) is 0 Å². The smallest absolute Gasteiger partial charge is 0.325 e. The van der Waals surface area contributed by atoms with Gasteiger partial charge < -0.3 is 10.1 Å². The van der Waals surface area contributed by atoms with Crippen LogP contribution in [0.1, 0.15) is 18.1 Å². The van der Waals surface area contributed by atoms with Gasteiger partial charge in [-0.1, -0.05) is 41.4 Å². The van der Waals surface area contributed by atoms with Crippen LogP contribution in [0, 0.1) is 0 Å². The van der Waals surface area contributed by atoms with Crippen molar-refractivity contribution >= 4 is 35.1 Å². The van der Waals surface area contributed by atoms with Crippen molar-refractivity contribution in [2.45, 2.75) is 19.0 Å². The molecule has 5 nitrogen and oxygen atoms in total. The lowest BCUT2D eigenvalue weighted by molar-refractivity contribution is -0.131. The number of imide groups is 1. The summed E-state index contributed by atoms with van der Waals surface area (Å²) in [6.07, 6.45) is 0. The summed E-state index contributed by atoms with van der Waals surface area (Å²) in [6.45, 7) is 1.68. The lowest BCUT2D eigenvalue weighted by atomic mass is 9.92. The van der Waals surface area contributed by atoms with E-state index in [4.69, 9.17) is 27.9 Å². The summed E-state index contributed by atoms with van der Waals surface area (Å²) in [4.78, 5) is 26.5. The van der Waals surface area contributed by atoms with Gasteiger partial charge in [-0.25, -0.2) is 4.79 Å². The quantitative estimate of drug-likeness (QED) is 0.818. The lowest BCUT2D eigenvalue weighted by Gasteiger charge is -2.22. The number of hydrogen-bond acceptors (Lipinski definition) is 3. The van der Waals surface area contributed by atoms with Crippen molar-refractivity contribution in [3.63, 3.8) is 0 Å². The summed E-state index contributed by atoms with van der Waals surface area (Å²) in [5.41, 5.74) is 0.0459. The van der Waals surface area contributed by atoms with E-state index >= 15 is 0 Å². The number of hydrogen-bond donors (Lipinski definition) is 1. The standard InChI is InChI=1S/C18H16Cl2N2O3/c1-18(11-6-8-12(25-2)9-7-11)16(23)22(17(24)21-18)10-13-14(19)4-3-5-15(13)20/h3-9H,10H2,1-2H3,(H,21,24). The molecule has 0 aliphatic carbocycles. The molecule has 1 saturated heterocycles. The number of methoxy groups -OCH3 is 1. The fourth-order valence-corrected chi connectivity index (χ4v) is 3.32. The topological polar surface area (TPSA) is 58.6 Å². The van der Waals surface area contributed by atoms with E-state index in [9.17, 15) is 9.59 Å². The summed E-state index contributed by atoms with van der Waals surface area (Å²) < 4.78 is 5.13. The van der Waals surface area contributed by atoms with E-state index in [-0.39, 0.29) is 12.5 Å². The summed E-state index contributed by atoms with van der Waals surface area (Å²) in [5, 5.41) is 3.57. The van der Waals surface area contributed by atoms with Crippen molar-refractivity contribution in [2.75, 3.05) is 7.11 Å². The van der Waals surface area contributed by atoms with Crippen LogP contribution >= 0.6 is 23.2 Å². The van der Waals surface area contributed by atoms with Gasteiger partial charge in [0, 0.05) is 15.6 Å². The van der Waals surface area contributed by atoms with Gasteiger partial charge in [-0.2, -0.15) is 0 Å². The lowest BCUT2D eigenvalue weighted by Crippen LogP contribution is -2.40.